The fraction of sp³-hybridized carbons (Fsp3) is 0.353. The van der Waals surface area contributed by atoms with Gasteiger partial charge in [-0.05, 0) is 51.2 Å². The van der Waals surface area contributed by atoms with Crippen LogP contribution in [0.3, 0.4) is 0 Å². The number of hydrogen-bond donors (Lipinski definition) is 1. The Morgan fingerprint density at radius 1 is 1.29 bits per heavy atom. The number of carbonyl (C=O) groups is 1. The van der Waals surface area contributed by atoms with Crippen molar-refractivity contribution in [2.45, 2.75) is 26.8 Å². The summed E-state index contributed by atoms with van der Waals surface area (Å²) in [5.41, 5.74) is 4.60. The van der Waals surface area contributed by atoms with Crippen LogP contribution < -0.4 is 5.32 Å². The van der Waals surface area contributed by atoms with E-state index in [4.69, 9.17) is 4.52 Å². The van der Waals surface area contributed by atoms with Crippen molar-refractivity contribution in [3.05, 3.63) is 40.0 Å². The predicted octanol–water partition coefficient (Wildman–Crippen LogP) is 3.14. The first-order valence-corrected chi connectivity index (χ1v) is 8.55. The summed E-state index contributed by atoms with van der Waals surface area (Å²) in [6.07, 6.45) is 0.165. The van der Waals surface area contributed by atoms with Crippen molar-refractivity contribution in [1.29, 1.82) is 0 Å². The van der Waals surface area contributed by atoms with Gasteiger partial charge in [-0.15, -0.1) is 11.3 Å². The van der Waals surface area contributed by atoms with E-state index >= 15 is 0 Å². The average molecular weight is 344 g/mol. The lowest BCUT2D eigenvalue weighted by atomic mass is 10.1. The molecule has 126 valence electrons. The van der Waals surface area contributed by atoms with Crippen molar-refractivity contribution in [3.63, 3.8) is 0 Å². The molecule has 1 N–H and O–H groups in total. The Bertz CT molecular complexity index is 882. The normalized spacial score (nSPS) is 11.4. The van der Waals surface area contributed by atoms with E-state index in [2.05, 4.69) is 15.5 Å². The zero-order chi connectivity index (χ0) is 17.3. The molecule has 3 rings (SSSR count). The molecule has 1 aromatic carbocycles. The number of anilines is 1. The minimum Gasteiger partial charge on any atom is -0.356 e. The summed E-state index contributed by atoms with van der Waals surface area (Å²) in [5, 5.41) is 10.3. The topological polar surface area (TPSA) is 71.3 Å². The third-order valence-electron chi connectivity index (χ3n) is 3.77. The molecule has 2 aromatic heterocycles. The molecule has 0 aliphatic carbocycles. The minimum atomic E-state index is -0.144. The highest BCUT2D eigenvalue weighted by Crippen LogP contribution is 2.23. The number of aryl methyl sites for hydroxylation is 2. The van der Waals surface area contributed by atoms with Crippen molar-refractivity contribution in [1.82, 2.24) is 15.0 Å². The first-order chi connectivity index (χ1) is 11.4. The van der Waals surface area contributed by atoms with E-state index < -0.39 is 0 Å². The third-order valence-corrected chi connectivity index (χ3v) is 4.57. The van der Waals surface area contributed by atoms with Gasteiger partial charge in [0.15, 0.2) is 10.7 Å². The molecule has 1 amide bonds. The van der Waals surface area contributed by atoms with Gasteiger partial charge in [0.25, 0.3) is 0 Å². The number of benzene rings is 1. The maximum atomic E-state index is 12.3. The zero-order valence-corrected chi connectivity index (χ0v) is 15.0. The summed E-state index contributed by atoms with van der Waals surface area (Å²) >= 11 is 1.43. The van der Waals surface area contributed by atoms with Crippen LogP contribution in [0.4, 0.5) is 5.13 Å². The van der Waals surface area contributed by atoms with Crippen LogP contribution in [0.1, 0.15) is 22.5 Å². The average Bonchev–Trinajstić information content (AvgIpc) is 3.07. The summed E-state index contributed by atoms with van der Waals surface area (Å²) < 4.78 is 5.34. The Kier molecular flexibility index (Phi) is 4.64. The molecule has 0 saturated carbocycles. The molecule has 3 aromatic rings. The molecule has 0 saturated heterocycles. The van der Waals surface area contributed by atoms with E-state index in [-0.39, 0.29) is 12.3 Å². The van der Waals surface area contributed by atoms with E-state index in [0.29, 0.717) is 16.4 Å². The lowest BCUT2D eigenvalue weighted by Crippen LogP contribution is -2.15. The van der Waals surface area contributed by atoms with Gasteiger partial charge in [-0.3, -0.25) is 4.79 Å². The molecule has 0 fully saturated rings. The zero-order valence-electron chi connectivity index (χ0n) is 14.2. The van der Waals surface area contributed by atoms with Crippen LogP contribution in [0.25, 0.3) is 11.0 Å². The second kappa shape index (κ2) is 6.70. The Morgan fingerprint density at radius 2 is 2.04 bits per heavy atom. The molecule has 0 radical (unpaired) electrons. The molecule has 24 heavy (non-hydrogen) atoms. The number of aromatic nitrogens is 2. The van der Waals surface area contributed by atoms with Crippen molar-refractivity contribution < 1.29 is 9.32 Å². The maximum absolute atomic E-state index is 12.3. The number of thiazole rings is 1. The fourth-order valence-corrected chi connectivity index (χ4v) is 3.17. The van der Waals surface area contributed by atoms with Crippen molar-refractivity contribution in [2.75, 3.05) is 19.4 Å². The Labute approximate surface area is 144 Å². The van der Waals surface area contributed by atoms with Gasteiger partial charge < -0.3 is 14.7 Å². The van der Waals surface area contributed by atoms with Crippen LogP contribution in [0.5, 0.6) is 0 Å². The molecule has 2 heterocycles. The van der Waals surface area contributed by atoms with Crippen LogP contribution in [-0.2, 0) is 17.8 Å². The van der Waals surface area contributed by atoms with Gasteiger partial charge in [0.05, 0.1) is 12.1 Å². The van der Waals surface area contributed by atoms with Gasteiger partial charge in [0.2, 0.25) is 5.91 Å². The second-order valence-corrected chi connectivity index (χ2v) is 7.03. The highest BCUT2D eigenvalue weighted by atomic mass is 32.1. The minimum absolute atomic E-state index is 0.144. The number of nitrogens with one attached hydrogen (secondary N) is 1. The summed E-state index contributed by atoms with van der Waals surface area (Å²) in [6, 6.07) is 3.97. The van der Waals surface area contributed by atoms with E-state index in [0.717, 1.165) is 28.8 Å². The van der Waals surface area contributed by atoms with E-state index in [1.165, 1.54) is 11.3 Å². The fourth-order valence-electron chi connectivity index (χ4n) is 2.45. The van der Waals surface area contributed by atoms with Crippen LogP contribution in [0.2, 0.25) is 0 Å². The van der Waals surface area contributed by atoms with Crippen LogP contribution >= 0.6 is 11.3 Å². The van der Waals surface area contributed by atoms with Gasteiger partial charge in [0.1, 0.15) is 5.69 Å². The Hall–Kier alpha value is -2.25. The number of nitrogens with zero attached hydrogens (tertiary/aromatic N) is 3. The van der Waals surface area contributed by atoms with Gasteiger partial charge in [0, 0.05) is 17.3 Å². The summed E-state index contributed by atoms with van der Waals surface area (Å²) in [6.45, 7) is 4.81. The number of fused-ring (bicyclic) bond motifs is 1. The van der Waals surface area contributed by atoms with Crippen molar-refractivity contribution in [2.24, 2.45) is 0 Å². The third kappa shape index (κ3) is 3.63. The number of amides is 1. The highest BCUT2D eigenvalue weighted by molar-refractivity contribution is 7.13. The molecule has 0 spiro atoms. The molecule has 7 heteroatoms. The van der Waals surface area contributed by atoms with Gasteiger partial charge in [-0.2, -0.15) is 0 Å². The smallest absolute Gasteiger partial charge is 0.232 e. The van der Waals surface area contributed by atoms with E-state index in [9.17, 15) is 4.79 Å². The molecular weight excluding hydrogens is 324 g/mol. The second-order valence-electron chi connectivity index (χ2n) is 6.17. The molecule has 6 nitrogen and oxygen atoms in total. The molecule has 0 atom stereocenters. The molecule has 0 aliphatic rings. The molecule has 0 bridgehead atoms. The van der Waals surface area contributed by atoms with Crippen molar-refractivity contribution in [3.8, 4) is 0 Å². The quantitative estimate of drug-likeness (QED) is 0.770. The van der Waals surface area contributed by atoms with Gasteiger partial charge in [-0.1, -0.05) is 5.16 Å². The predicted molar refractivity (Wildman–Crippen MR) is 95.3 cm³/mol. The largest absolute Gasteiger partial charge is 0.356 e. The van der Waals surface area contributed by atoms with Crippen LogP contribution in [0.15, 0.2) is 22.0 Å². The lowest BCUT2D eigenvalue weighted by Gasteiger charge is -2.05. The Balaban J connectivity index is 1.71. The van der Waals surface area contributed by atoms with E-state index in [1.54, 1.807) is 0 Å². The van der Waals surface area contributed by atoms with Gasteiger partial charge >= 0.3 is 0 Å². The highest BCUT2D eigenvalue weighted by Gasteiger charge is 2.15. The summed E-state index contributed by atoms with van der Waals surface area (Å²) in [7, 11) is 3.97. The lowest BCUT2D eigenvalue weighted by molar-refractivity contribution is -0.115. The number of carbonyl (C=O) groups excluding carboxylic acids is 1. The molecule has 0 aliphatic heterocycles. The van der Waals surface area contributed by atoms with E-state index in [1.807, 2.05) is 50.4 Å². The molecular formula is C17H20N4O2S. The first kappa shape index (κ1) is 16.6. The maximum Gasteiger partial charge on any atom is 0.232 e. The molecule has 0 unspecified atom stereocenters. The van der Waals surface area contributed by atoms with Crippen LogP contribution in [-0.4, -0.2) is 35.0 Å². The van der Waals surface area contributed by atoms with Crippen LogP contribution in [0, 0.1) is 13.8 Å². The first-order valence-electron chi connectivity index (χ1n) is 7.67. The van der Waals surface area contributed by atoms with Crippen molar-refractivity contribution >= 4 is 33.3 Å². The summed E-state index contributed by atoms with van der Waals surface area (Å²) in [4.78, 5) is 18.7. The number of rotatable bonds is 5. The standard InChI is InChI=1S/C17H20N4O2S/c1-10-5-13-14(20-23-15(13)6-11(10)2)7-16(22)19-17-18-12(9-24-17)8-21(3)4/h5-6,9H,7-8H2,1-4H3,(H,18,19,22). The SMILES string of the molecule is Cc1cc2onc(CC(=O)Nc3nc(CN(C)C)cs3)c2cc1C. The number of hydrogen-bond acceptors (Lipinski definition) is 6. The summed E-state index contributed by atoms with van der Waals surface area (Å²) in [5.74, 6) is -0.144. The Morgan fingerprint density at radius 3 is 2.79 bits per heavy atom. The van der Waals surface area contributed by atoms with Gasteiger partial charge in [-0.25, -0.2) is 4.98 Å². The monoisotopic (exact) mass is 344 g/mol.